The van der Waals surface area contributed by atoms with Gasteiger partial charge in [0.2, 0.25) is 0 Å². The predicted octanol–water partition coefficient (Wildman–Crippen LogP) is 4.97. The number of ether oxygens (including phenoxy) is 1. The fourth-order valence-electron chi connectivity index (χ4n) is 3.12. The quantitative estimate of drug-likeness (QED) is 0.384. The number of carbonyl (C=O) groups excluding carboxylic acids is 1. The first-order valence-corrected chi connectivity index (χ1v) is 12.5. The number of para-hydroxylation sites is 1. The third-order valence-corrected chi connectivity index (χ3v) is 7.08. The Balaban J connectivity index is 1.66. The molecule has 0 radical (unpaired) electrons. The molecule has 1 amide bonds. The second kappa shape index (κ2) is 9.74. The molecule has 1 aliphatic heterocycles. The lowest BCUT2D eigenvalue weighted by molar-refractivity contribution is -0.115. The number of hydrogen-bond donors (Lipinski definition) is 1. The van der Waals surface area contributed by atoms with Gasteiger partial charge in [-0.2, -0.15) is 8.42 Å². The zero-order valence-corrected chi connectivity index (χ0v) is 20.4. The Hall–Kier alpha value is -3.56. The van der Waals surface area contributed by atoms with Crippen molar-refractivity contribution in [2.24, 2.45) is 4.99 Å². The van der Waals surface area contributed by atoms with E-state index in [1.54, 1.807) is 36.4 Å². The van der Waals surface area contributed by atoms with E-state index in [4.69, 9.17) is 8.92 Å². The van der Waals surface area contributed by atoms with Crippen molar-refractivity contribution in [3.8, 4) is 11.5 Å². The lowest BCUT2D eigenvalue weighted by Crippen LogP contribution is -2.19. The van der Waals surface area contributed by atoms with Crippen LogP contribution in [0.1, 0.15) is 16.7 Å². The van der Waals surface area contributed by atoms with E-state index in [2.05, 4.69) is 10.3 Å². The van der Waals surface area contributed by atoms with Crippen molar-refractivity contribution in [2.75, 3.05) is 7.11 Å². The first-order chi connectivity index (χ1) is 16.2. The minimum Gasteiger partial charge on any atom is -0.493 e. The average Bonchev–Trinajstić information content (AvgIpc) is 3.15. The van der Waals surface area contributed by atoms with E-state index in [1.807, 2.05) is 38.1 Å². The average molecular weight is 495 g/mol. The fourth-order valence-corrected chi connectivity index (χ4v) is 4.91. The molecule has 0 spiro atoms. The van der Waals surface area contributed by atoms with Gasteiger partial charge in [-0.05, 0) is 62.0 Å². The van der Waals surface area contributed by atoms with Crippen molar-refractivity contribution in [1.29, 1.82) is 0 Å². The number of aryl methyl sites for hydroxylation is 2. The van der Waals surface area contributed by atoms with Gasteiger partial charge >= 0.3 is 10.1 Å². The minimum atomic E-state index is -4.13. The van der Waals surface area contributed by atoms with Crippen molar-refractivity contribution in [3.63, 3.8) is 0 Å². The first-order valence-electron chi connectivity index (χ1n) is 10.3. The highest BCUT2D eigenvalue weighted by Crippen LogP contribution is 2.37. The molecule has 9 heteroatoms. The van der Waals surface area contributed by atoms with E-state index < -0.39 is 10.1 Å². The van der Waals surface area contributed by atoms with Gasteiger partial charge in [-0.15, -0.1) is 0 Å². The highest BCUT2D eigenvalue weighted by molar-refractivity contribution is 8.18. The summed E-state index contributed by atoms with van der Waals surface area (Å²) in [7, 11) is -2.71. The molecule has 0 unspecified atom stereocenters. The maximum absolute atomic E-state index is 12.9. The molecule has 3 aromatic rings. The Labute approximate surface area is 202 Å². The summed E-state index contributed by atoms with van der Waals surface area (Å²) in [5.41, 5.74) is 3.13. The van der Waals surface area contributed by atoms with E-state index in [0.29, 0.717) is 21.3 Å². The lowest BCUT2D eigenvalue weighted by atomic mass is 10.1. The molecule has 7 nitrogen and oxygen atoms in total. The van der Waals surface area contributed by atoms with Gasteiger partial charge in [0.1, 0.15) is 4.90 Å². The van der Waals surface area contributed by atoms with Gasteiger partial charge in [0.25, 0.3) is 5.91 Å². The van der Waals surface area contributed by atoms with Crippen LogP contribution < -0.4 is 14.2 Å². The van der Waals surface area contributed by atoms with Crippen molar-refractivity contribution in [1.82, 2.24) is 5.32 Å². The summed E-state index contributed by atoms with van der Waals surface area (Å²) in [4.78, 5) is 17.4. The molecule has 0 bridgehead atoms. The molecule has 1 aliphatic rings. The summed E-state index contributed by atoms with van der Waals surface area (Å²) in [5.74, 6) is -0.122. The molecule has 1 N–H and O–H groups in total. The molecule has 34 heavy (non-hydrogen) atoms. The van der Waals surface area contributed by atoms with Crippen LogP contribution in [0.5, 0.6) is 11.5 Å². The second-order valence-corrected chi connectivity index (χ2v) is 10.1. The lowest BCUT2D eigenvalue weighted by Gasteiger charge is -2.13. The summed E-state index contributed by atoms with van der Waals surface area (Å²) >= 11 is 1.16. The highest BCUT2D eigenvalue weighted by atomic mass is 32.2. The molecule has 1 saturated heterocycles. The summed E-state index contributed by atoms with van der Waals surface area (Å²) in [5, 5.41) is 3.16. The van der Waals surface area contributed by atoms with Gasteiger partial charge in [0, 0.05) is 5.56 Å². The van der Waals surface area contributed by atoms with Gasteiger partial charge in [0.05, 0.1) is 17.7 Å². The van der Waals surface area contributed by atoms with Crippen molar-refractivity contribution in [2.45, 2.75) is 18.7 Å². The summed E-state index contributed by atoms with van der Waals surface area (Å²) < 4.78 is 36.7. The number of nitrogens with one attached hydrogen (secondary N) is 1. The number of rotatable bonds is 6. The number of hydrogen-bond acceptors (Lipinski definition) is 7. The third kappa shape index (κ3) is 5.32. The maximum atomic E-state index is 12.9. The number of nitrogens with zero attached hydrogens (tertiary/aromatic N) is 1. The predicted molar refractivity (Wildman–Crippen MR) is 134 cm³/mol. The number of thioether (sulfide) groups is 1. The van der Waals surface area contributed by atoms with Crippen LogP contribution >= 0.6 is 11.8 Å². The van der Waals surface area contributed by atoms with Crippen LogP contribution in [0.25, 0.3) is 6.08 Å². The SMILES string of the molecule is COc1cccc(/C=C2\SC(=Nc3ccc(C)cc3)NC2=O)c1OS(=O)(=O)c1ccc(C)cc1. The molecule has 0 saturated carbocycles. The zero-order chi connectivity index (χ0) is 24.3. The molecule has 1 fully saturated rings. The van der Waals surface area contributed by atoms with Crippen LogP contribution in [0.3, 0.4) is 0 Å². The second-order valence-electron chi connectivity index (χ2n) is 7.55. The van der Waals surface area contributed by atoms with Crippen molar-refractivity contribution >= 4 is 44.7 Å². The molecular formula is C25H22N2O5S2. The smallest absolute Gasteiger partial charge is 0.339 e. The van der Waals surface area contributed by atoms with Crippen LogP contribution in [0.15, 0.2) is 81.5 Å². The van der Waals surface area contributed by atoms with E-state index in [0.717, 1.165) is 22.9 Å². The van der Waals surface area contributed by atoms with Gasteiger partial charge < -0.3 is 14.2 Å². The molecule has 3 aromatic carbocycles. The highest BCUT2D eigenvalue weighted by Gasteiger charge is 2.26. The normalized spacial score (nSPS) is 16.0. The largest absolute Gasteiger partial charge is 0.493 e. The van der Waals surface area contributed by atoms with E-state index in [9.17, 15) is 13.2 Å². The maximum Gasteiger partial charge on any atom is 0.339 e. The van der Waals surface area contributed by atoms with Gasteiger partial charge in [-0.3, -0.25) is 4.79 Å². The van der Waals surface area contributed by atoms with E-state index in [1.165, 1.54) is 19.2 Å². The van der Waals surface area contributed by atoms with Crippen LogP contribution in [0.4, 0.5) is 5.69 Å². The molecule has 1 heterocycles. The Morgan fingerprint density at radius 2 is 1.59 bits per heavy atom. The van der Waals surface area contributed by atoms with E-state index in [-0.39, 0.29) is 22.3 Å². The Kier molecular flexibility index (Phi) is 6.76. The molecule has 174 valence electrons. The molecular weight excluding hydrogens is 472 g/mol. The van der Waals surface area contributed by atoms with Gasteiger partial charge in [-0.1, -0.05) is 47.5 Å². The Bertz CT molecular complexity index is 1390. The number of aliphatic imine (C=N–C) groups is 1. The van der Waals surface area contributed by atoms with Crippen molar-refractivity contribution in [3.05, 3.63) is 88.3 Å². The van der Waals surface area contributed by atoms with Crippen LogP contribution in [-0.2, 0) is 14.9 Å². The fraction of sp³-hybridized carbons (Fsp3) is 0.120. The number of carbonyl (C=O) groups is 1. The monoisotopic (exact) mass is 494 g/mol. The first kappa shape index (κ1) is 23.6. The van der Waals surface area contributed by atoms with Crippen molar-refractivity contribution < 1.29 is 22.1 Å². The Morgan fingerprint density at radius 3 is 2.24 bits per heavy atom. The Morgan fingerprint density at radius 1 is 0.941 bits per heavy atom. The summed E-state index contributed by atoms with van der Waals surface area (Å²) in [6, 6.07) is 18.9. The number of amidine groups is 1. The van der Waals surface area contributed by atoms with Gasteiger partial charge in [0.15, 0.2) is 16.7 Å². The summed E-state index contributed by atoms with van der Waals surface area (Å²) in [6.45, 7) is 3.85. The third-order valence-electron chi connectivity index (χ3n) is 4.93. The summed E-state index contributed by atoms with van der Waals surface area (Å²) in [6.07, 6.45) is 1.56. The number of amides is 1. The number of benzene rings is 3. The van der Waals surface area contributed by atoms with Crippen LogP contribution in [0.2, 0.25) is 0 Å². The minimum absolute atomic E-state index is 0.00426. The zero-order valence-electron chi connectivity index (χ0n) is 18.7. The molecule has 0 aromatic heterocycles. The molecule has 4 rings (SSSR count). The standard InChI is InChI=1S/C25H22N2O5S2/c1-16-7-11-19(12-8-16)26-25-27-24(28)22(33-25)15-18-5-4-6-21(31-3)23(18)32-34(29,30)20-13-9-17(2)10-14-20/h4-15H,1-3H3,(H,26,27,28)/b22-15-. The van der Waals surface area contributed by atoms with Crippen LogP contribution in [-0.4, -0.2) is 26.6 Å². The van der Waals surface area contributed by atoms with Crippen LogP contribution in [0, 0.1) is 13.8 Å². The topological polar surface area (TPSA) is 94.1 Å². The molecule has 0 aliphatic carbocycles. The molecule has 0 atom stereocenters. The van der Waals surface area contributed by atoms with Gasteiger partial charge in [-0.25, -0.2) is 4.99 Å². The van der Waals surface area contributed by atoms with E-state index >= 15 is 0 Å². The number of methoxy groups -OCH3 is 1.